The van der Waals surface area contributed by atoms with Crippen molar-refractivity contribution in [3.8, 4) is 22.6 Å². The summed E-state index contributed by atoms with van der Waals surface area (Å²) in [5.41, 5.74) is 3.86. The molecule has 0 fully saturated rings. The number of halogens is 4. The highest BCUT2D eigenvalue weighted by atomic mass is 35.5. The Labute approximate surface area is 157 Å². The molecular weight excluding hydrogens is 377 g/mol. The second-order valence-electron chi connectivity index (χ2n) is 6.28. The number of hydrogen-bond acceptors (Lipinski definition) is 2. The van der Waals surface area contributed by atoms with Crippen LogP contribution in [0.5, 0.6) is 0 Å². The van der Waals surface area contributed by atoms with Crippen LogP contribution in [0.3, 0.4) is 0 Å². The van der Waals surface area contributed by atoms with Crippen LogP contribution >= 0.6 is 11.6 Å². The van der Waals surface area contributed by atoms with Crippen LogP contribution in [0.4, 0.5) is 13.2 Å². The van der Waals surface area contributed by atoms with E-state index in [0.717, 1.165) is 28.4 Å². The number of alkyl halides is 3. The molecule has 0 saturated carbocycles. The first-order chi connectivity index (χ1) is 12.7. The number of fused-ring (bicyclic) bond motifs is 1. The molecule has 4 rings (SSSR count). The molecule has 0 spiro atoms. The topological polar surface area (TPSA) is 46.5 Å². The van der Waals surface area contributed by atoms with Gasteiger partial charge in [-0.2, -0.15) is 18.3 Å². The zero-order valence-corrected chi connectivity index (χ0v) is 15.2. The molecule has 0 radical (unpaired) electrons. The molecule has 3 heterocycles. The van der Waals surface area contributed by atoms with Gasteiger partial charge in [-0.15, -0.1) is 0 Å². The predicted octanol–water partition coefficient (Wildman–Crippen LogP) is 5.61. The highest BCUT2D eigenvalue weighted by molar-refractivity contribution is 6.33. The normalized spacial score (nSPS) is 12.1. The molecule has 4 nitrogen and oxygen atoms in total. The molecule has 27 heavy (non-hydrogen) atoms. The lowest BCUT2D eigenvalue weighted by Gasteiger charge is -2.05. The lowest BCUT2D eigenvalue weighted by atomic mass is 10.1. The quantitative estimate of drug-likeness (QED) is 0.483. The molecule has 0 saturated heterocycles. The van der Waals surface area contributed by atoms with Gasteiger partial charge in [0, 0.05) is 18.3 Å². The number of H-pyrrole nitrogens is 1. The van der Waals surface area contributed by atoms with Crippen LogP contribution < -0.4 is 0 Å². The maximum Gasteiger partial charge on any atom is 0.435 e. The molecule has 0 atom stereocenters. The fourth-order valence-corrected chi connectivity index (χ4v) is 3.43. The van der Waals surface area contributed by atoms with E-state index in [1.807, 2.05) is 31.2 Å². The van der Waals surface area contributed by atoms with Crippen LogP contribution in [-0.2, 0) is 13.2 Å². The molecule has 138 valence electrons. The number of nitrogens with one attached hydrogen (secondary N) is 1. The van der Waals surface area contributed by atoms with Crippen LogP contribution in [0, 0.1) is 6.92 Å². The van der Waals surface area contributed by atoms with Crippen molar-refractivity contribution >= 4 is 22.6 Å². The van der Waals surface area contributed by atoms with E-state index in [1.165, 1.54) is 11.7 Å². The van der Waals surface area contributed by atoms with E-state index in [2.05, 4.69) is 15.1 Å². The minimum atomic E-state index is -4.50. The molecule has 0 aliphatic heterocycles. The Hall–Kier alpha value is -2.80. The van der Waals surface area contributed by atoms with Gasteiger partial charge >= 0.3 is 6.18 Å². The third-order valence-electron chi connectivity index (χ3n) is 4.40. The van der Waals surface area contributed by atoms with Gasteiger partial charge in [0.05, 0.1) is 27.4 Å². The summed E-state index contributed by atoms with van der Waals surface area (Å²) in [5.74, 6) is 0. The number of aromatic nitrogens is 4. The van der Waals surface area contributed by atoms with Gasteiger partial charge in [0.2, 0.25) is 0 Å². The highest BCUT2D eigenvalue weighted by Gasteiger charge is 2.34. The van der Waals surface area contributed by atoms with Crippen molar-refractivity contribution in [3.05, 3.63) is 58.7 Å². The van der Waals surface area contributed by atoms with E-state index >= 15 is 0 Å². The lowest BCUT2D eigenvalue weighted by molar-refractivity contribution is -0.141. The van der Waals surface area contributed by atoms with Gasteiger partial charge in [-0.3, -0.25) is 4.68 Å². The molecule has 4 aromatic rings. The van der Waals surface area contributed by atoms with Gasteiger partial charge in [-0.25, -0.2) is 4.98 Å². The van der Waals surface area contributed by atoms with Gasteiger partial charge in [0.25, 0.3) is 0 Å². The number of benzene rings is 1. The summed E-state index contributed by atoms with van der Waals surface area (Å²) in [6.45, 7) is 1.96. The third-order valence-corrected chi connectivity index (χ3v) is 4.71. The Morgan fingerprint density at radius 3 is 2.56 bits per heavy atom. The fourth-order valence-electron chi connectivity index (χ4n) is 3.10. The average molecular weight is 391 g/mol. The Balaban J connectivity index is 1.82. The standard InChI is InChI=1S/C19H14ClF3N4/c1-10-4-3-5-11(20)18(10)15-8-14-12(24-15)6-7-13(25-14)16-9-17(19(21,22)23)26-27(16)2/h3-9,24H,1-2H3. The molecule has 0 aliphatic rings. The minimum absolute atomic E-state index is 0.292. The number of rotatable bonds is 2. The summed E-state index contributed by atoms with van der Waals surface area (Å²) in [6, 6.07) is 11.9. The van der Waals surface area contributed by atoms with E-state index in [4.69, 9.17) is 11.6 Å². The summed E-state index contributed by atoms with van der Waals surface area (Å²) >= 11 is 6.33. The van der Waals surface area contributed by atoms with E-state index in [9.17, 15) is 13.2 Å². The Bertz CT molecular complexity index is 1140. The number of nitrogens with zero attached hydrogens (tertiary/aromatic N) is 3. The highest BCUT2D eigenvalue weighted by Crippen LogP contribution is 2.34. The summed E-state index contributed by atoms with van der Waals surface area (Å²) in [7, 11) is 1.46. The maximum atomic E-state index is 12.9. The minimum Gasteiger partial charge on any atom is -0.353 e. The van der Waals surface area contributed by atoms with Crippen molar-refractivity contribution in [1.82, 2.24) is 19.7 Å². The maximum absolute atomic E-state index is 12.9. The van der Waals surface area contributed by atoms with E-state index in [0.29, 0.717) is 21.9 Å². The Morgan fingerprint density at radius 1 is 1.11 bits per heavy atom. The second-order valence-corrected chi connectivity index (χ2v) is 6.69. The van der Waals surface area contributed by atoms with E-state index < -0.39 is 11.9 Å². The Kier molecular flexibility index (Phi) is 3.99. The summed E-state index contributed by atoms with van der Waals surface area (Å²) < 4.78 is 39.9. The zero-order chi connectivity index (χ0) is 19.3. The van der Waals surface area contributed by atoms with Crippen LogP contribution in [-0.4, -0.2) is 19.7 Å². The van der Waals surface area contributed by atoms with Crippen LogP contribution in [0.2, 0.25) is 5.02 Å². The van der Waals surface area contributed by atoms with Gasteiger partial charge in [0.15, 0.2) is 5.69 Å². The number of aryl methyl sites for hydroxylation is 2. The molecule has 0 aliphatic carbocycles. The molecule has 0 bridgehead atoms. The zero-order valence-electron chi connectivity index (χ0n) is 14.4. The number of hydrogen-bond donors (Lipinski definition) is 1. The van der Waals surface area contributed by atoms with Crippen molar-refractivity contribution in [3.63, 3.8) is 0 Å². The van der Waals surface area contributed by atoms with Crippen LogP contribution in [0.25, 0.3) is 33.7 Å². The smallest absolute Gasteiger partial charge is 0.353 e. The average Bonchev–Trinajstić information content (AvgIpc) is 3.17. The SMILES string of the molecule is Cc1cccc(Cl)c1-c1cc2nc(-c3cc(C(F)(F)F)nn3C)ccc2[nH]1. The third kappa shape index (κ3) is 3.08. The predicted molar refractivity (Wildman–Crippen MR) is 98.5 cm³/mol. The molecule has 1 N–H and O–H groups in total. The first-order valence-electron chi connectivity index (χ1n) is 8.11. The largest absolute Gasteiger partial charge is 0.435 e. The van der Waals surface area contributed by atoms with Crippen molar-refractivity contribution in [1.29, 1.82) is 0 Å². The molecule has 1 aromatic carbocycles. The fraction of sp³-hybridized carbons (Fsp3) is 0.158. The van der Waals surface area contributed by atoms with Crippen LogP contribution in [0.15, 0.2) is 42.5 Å². The van der Waals surface area contributed by atoms with E-state index in [1.54, 1.807) is 12.1 Å². The monoisotopic (exact) mass is 390 g/mol. The van der Waals surface area contributed by atoms with E-state index in [-0.39, 0.29) is 0 Å². The van der Waals surface area contributed by atoms with Gasteiger partial charge in [-0.05, 0) is 42.8 Å². The summed E-state index contributed by atoms with van der Waals surface area (Å²) in [6.07, 6.45) is -4.50. The van der Waals surface area contributed by atoms with Crippen molar-refractivity contribution in [2.24, 2.45) is 7.05 Å². The van der Waals surface area contributed by atoms with Gasteiger partial charge in [0.1, 0.15) is 0 Å². The number of aromatic amines is 1. The number of pyridine rings is 1. The second kappa shape index (κ2) is 6.13. The summed E-state index contributed by atoms with van der Waals surface area (Å²) in [5, 5.41) is 4.15. The summed E-state index contributed by atoms with van der Waals surface area (Å²) in [4.78, 5) is 7.77. The van der Waals surface area contributed by atoms with Gasteiger partial charge < -0.3 is 4.98 Å². The van der Waals surface area contributed by atoms with Crippen molar-refractivity contribution in [2.75, 3.05) is 0 Å². The lowest BCUT2D eigenvalue weighted by Crippen LogP contribution is -2.06. The molecule has 0 unspecified atom stereocenters. The van der Waals surface area contributed by atoms with Crippen molar-refractivity contribution in [2.45, 2.75) is 13.1 Å². The molecule has 8 heteroatoms. The van der Waals surface area contributed by atoms with Crippen molar-refractivity contribution < 1.29 is 13.2 Å². The molecule has 3 aromatic heterocycles. The molecule has 0 amide bonds. The first kappa shape index (κ1) is 17.6. The van der Waals surface area contributed by atoms with Crippen LogP contribution in [0.1, 0.15) is 11.3 Å². The first-order valence-corrected chi connectivity index (χ1v) is 8.48. The van der Waals surface area contributed by atoms with Gasteiger partial charge in [-0.1, -0.05) is 23.7 Å². The molecular formula is C19H14ClF3N4. The Morgan fingerprint density at radius 2 is 1.89 bits per heavy atom.